The summed E-state index contributed by atoms with van der Waals surface area (Å²) in [5.74, 6) is 0.279. The summed E-state index contributed by atoms with van der Waals surface area (Å²) in [5.41, 5.74) is 0. The molecule has 0 spiro atoms. The predicted molar refractivity (Wildman–Crippen MR) is 48.9 cm³/mol. The molecule has 0 saturated carbocycles. The number of rotatable bonds is 2. The van der Waals surface area contributed by atoms with E-state index in [-0.39, 0.29) is 5.75 Å². The second kappa shape index (κ2) is 3.41. The van der Waals surface area contributed by atoms with E-state index in [1.807, 2.05) is 0 Å². The van der Waals surface area contributed by atoms with Crippen molar-refractivity contribution < 1.29 is 4.21 Å². The minimum absolute atomic E-state index is 0.279. The fraction of sp³-hybridized carbons (Fsp3) is 0.286. The maximum Gasteiger partial charge on any atom is 0.135 e. The second-order valence-electron chi connectivity index (χ2n) is 2.28. The number of nitrogens with one attached hydrogen (secondary N) is 1. The van der Waals surface area contributed by atoms with Crippen molar-refractivity contribution in [2.45, 2.75) is 11.9 Å². The minimum Gasteiger partial charge on any atom is -0.248 e. The van der Waals surface area contributed by atoms with Crippen molar-refractivity contribution in [1.29, 1.82) is 4.78 Å². The van der Waals surface area contributed by atoms with Gasteiger partial charge < -0.3 is 0 Å². The van der Waals surface area contributed by atoms with Gasteiger partial charge in [0.05, 0.1) is 14.8 Å². The fourth-order valence-corrected chi connectivity index (χ4v) is 1.62. The van der Waals surface area contributed by atoms with Crippen LogP contribution in [0.2, 0.25) is 5.02 Å². The van der Waals surface area contributed by atoms with Gasteiger partial charge in [0, 0.05) is 11.9 Å². The lowest BCUT2D eigenvalue weighted by molar-refractivity contribution is 0.672. The Kier molecular flexibility index (Phi) is 2.69. The average molecular weight is 205 g/mol. The number of halogens is 1. The topological polar surface area (TPSA) is 53.8 Å². The molecule has 1 heterocycles. The maximum absolute atomic E-state index is 11.4. The zero-order valence-corrected chi connectivity index (χ0v) is 8.15. The molecule has 3 nitrogen and oxygen atoms in total. The molecule has 1 N–H and O–H groups in total. The van der Waals surface area contributed by atoms with Crippen LogP contribution in [0, 0.1) is 4.78 Å². The third kappa shape index (κ3) is 1.95. The highest BCUT2D eigenvalue weighted by molar-refractivity contribution is 7.92. The molecular formula is C7H9ClN2OS. The summed E-state index contributed by atoms with van der Waals surface area (Å²) >= 11 is 5.59. The molecule has 1 aromatic heterocycles. The minimum atomic E-state index is -2.68. The lowest BCUT2D eigenvalue weighted by Gasteiger charge is -2.01. The molecule has 1 unspecified atom stereocenters. The summed E-state index contributed by atoms with van der Waals surface area (Å²) in [4.78, 5) is 3.83. The van der Waals surface area contributed by atoms with Crippen molar-refractivity contribution in [2.75, 3.05) is 5.75 Å². The fourth-order valence-electron chi connectivity index (χ4n) is 0.705. The molecule has 1 aromatic rings. The zero-order chi connectivity index (χ0) is 9.19. The number of nitrogens with zero attached hydrogens (tertiary/aromatic N) is 1. The summed E-state index contributed by atoms with van der Waals surface area (Å²) < 4.78 is 18.8. The van der Waals surface area contributed by atoms with Gasteiger partial charge in [0.25, 0.3) is 0 Å². The van der Waals surface area contributed by atoms with E-state index >= 15 is 0 Å². The lowest BCUT2D eigenvalue weighted by atomic mass is 10.5. The molecule has 0 aliphatic carbocycles. The SMILES string of the molecule is CCS(=N)(=O)c1ccc(Cl)cn1. The van der Waals surface area contributed by atoms with Crippen LogP contribution in [0.4, 0.5) is 0 Å². The molecular weight excluding hydrogens is 196 g/mol. The van der Waals surface area contributed by atoms with E-state index in [1.54, 1.807) is 13.0 Å². The largest absolute Gasteiger partial charge is 0.248 e. The number of hydrogen-bond donors (Lipinski definition) is 1. The molecule has 0 fully saturated rings. The highest BCUT2D eigenvalue weighted by atomic mass is 35.5. The summed E-state index contributed by atoms with van der Waals surface area (Å²) in [6.45, 7) is 1.70. The molecule has 1 rings (SSSR count). The van der Waals surface area contributed by atoms with Crippen molar-refractivity contribution in [1.82, 2.24) is 4.98 Å². The summed E-state index contributed by atoms with van der Waals surface area (Å²) in [6.07, 6.45) is 1.40. The van der Waals surface area contributed by atoms with Crippen LogP contribution in [0.3, 0.4) is 0 Å². The molecule has 0 saturated heterocycles. The van der Waals surface area contributed by atoms with Gasteiger partial charge in [-0.2, -0.15) is 0 Å². The first-order chi connectivity index (χ1) is 5.56. The normalized spacial score (nSPS) is 15.5. The molecule has 0 aliphatic heterocycles. The van der Waals surface area contributed by atoms with Crippen LogP contribution in [-0.4, -0.2) is 14.9 Å². The van der Waals surface area contributed by atoms with Gasteiger partial charge in [0.15, 0.2) is 0 Å². The van der Waals surface area contributed by atoms with Crippen LogP contribution >= 0.6 is 11.6 Å². The van der Waals surface area contributed by atoms with Gasteiger partial charge in [-0.05, 0) is 12.1 Å². The molecule has 0 aromatic carbocycles. The Bertz CT molecular complexity index is 357. The molecule has 5 heteroatoms. The Hall–Kier alpha value is -0.610. The van der Waals surface area contributed by atoms with Crippen LogP contribution in [0.25, 0.3) is 0 Å². The second-order valence-corrected chi connectivity index (χ2v) is 5.06. The van der Waals surface area contributed by atoms with E-state index in [0.717, 1.165) is 0 Å². The number of aromatic nitrogens is 1. The first-order valence-corrected chi connectivity index (χ1v) is 5.55. The Labute approximate surface area is 76.8 Å². The zero-order valence-electron chi connectivity index (χ0n) is 6.58. The summed E-state index contributed by atoms with van der Waals surface area (Å²) in [5, 5.41) is 0.791. The first-order valence-electron chi connectivity index (χ1n) is 3.44. The smallest absolute Gasteiger partial charge is 0.135 e. The molecule has 0 amide bonds. The Morgan fingerprint density at radius 1 is 1.67 bits per heavy atom. The Morgan fingerprint density at radius 2 is 2.33 bits per heavy atom. The highest BCUT2D eigenvalue weighted by Crippen LogP contribution is 2.11. The van der Waals surface area contributed by atoms with Crippen molar-refractivity contribution in [3.8, 4) is 0 Å². The van der Waals surface area contributed by atoms with E-state index in [9.17, 15) is 4.21 Å². The van der Waals surface area contributed by atoms with E-state index in [1.165, 1.54) is 12.3 Å². The molecule has 0 radical (unpaired) electrons. The molecule has 0 bridgehead atoms. The summed E-state index contributed by atoms with van der Waals surface area (Å²) in [6, 6.07) is 3.12. The van der Waals surface area contributed by atoms with Gasteiger partial charge in [-0.3, -0.25) is 0 Å². The summed E-state index contributed by atoms with van der Waals surface area (Å²) in [7, 11) is -2.68. The molecule has 12 heavy (non-hydrogen) atoms. The van der Waals surface area contributed by atoms with E-state index < -0.39 is 9.73 Å². The standard InChI is InChI=1S/C7H9ClN2OS/c1-2-12(9,11)7-4-3-6(8)5-10-7/h3-5,9H,2H2,1H3. The number of hydrogen-bond acceptors (Lipinski definition) is 3. The van der Waals surface area contributed by atoms with E-state index in [2.05, 4.69) is 4.98 Å². The van der Waals surface area contributed by atoms with Gasteiger partial charge in [-0.25, -0.2) is 14.0 Å². The first kappa shape index (κ1) is 9.48. The van der Waals surface area contributed by atoms with Gasteiger partial charge in [-0.1, -0.05) is 18.5 Å². The van der Waals surface area contributed by atoms with Gasteiger partial charge in [-0.15, -0.1) is 0 Å². The van der Waals surface area contributed by atoms with Gasteiger partial charge in [0.2, 0.25) is 0 Å². The van der Waals surface area contributed by atoms with Crippen LogP contribution in [0.5, 0.6) is 0 Å². The predicted octanol–water partition coefficient (Wildman–Crippen LogP) is 2.16. The van der Waals surface area contributed by atoms with Crippen molar-refractivity contribution in [3.63, 3.8) is 0 Å². The molecule has 66 valence electrons. The van der Waals surface area contributed by atoms with Crippen molar-refractivity contribution in [2.24, 2.45) is 0 Å². The lowest BCUT2D eigenvalue weighted by Crippen LogP contribution is -2.03. The number of pyridine rings is 1. The van der Waals surface area contributed by atoms with Crippen LogP contribution in [-0.2, 0) is 9.73 Å². The average Bonchev–Trinajstić information content (AvgIpc) is 2.05. The van der Waals surface area contributed by atoms with Crippen LogP contribution < -0.4 is 0 Å². The van der Waals surface area contributed by atoms with Crippen LogP contribution in [0.1, 0.15) is 6.92 Å². The van der Waals surface area contributed by atoms with Gasteiger partial charge in [0.1, 0.15) is 5.03 Å². The van der Waals surface area contributed by atoms with E-state index in [0.29, 0.717) is 10.0 Å². The third-order valence-electron chi connectivity index (χ3n) is 1.44. The third-order valence-corrected chi connectivity index (χ3v) is 3.40. The Morgan fingerprint density at radius 3 is 2.75 bits per heavy atom. The monoisotopic (exact) mass is 204 g/mol. The maximum atomic E-state index is 11.4. The quantitative estimate of drug-likeness (QED) is 0.803. The van der Waals surface area contributed by atoms with Crippen LogP contribution in [0.15, 0.2) is 23.4 Å². The van der Waals surface area contributed by atoms with Gasteiger partial charge >= 0.3 is 0 Å². The van der Waals surface area contributed by atoms with E-state index in [4.69, 9.17) is 16.4 Å². The van der Waals surface area contributed by atoms with Crippen molar-refractivity contribution in [3.05, 3.63) is 23.4 Å². The molecule has 1 atom stereocenters. The molecule has 0 aliphatic rings. The highest BCUT2D eigenvalue weighted by Gasteiger charge is 2.07. The Balaban J connectivity index is 3.14. The van der Waals surface area contributed by atoms with Crippen molar-refractivity contribution >= 4 is 21.3 Å².